The van der Waals surface area contributed by atoms with Gasteiger partial charge < -0.3 is 15.4 Å². The number of ether oxygens (including phenoxy) is 1. The lowest BCUT2D eigenvalue weighted by molar-refractivity contribution is -0.113. The lowest BCUT2D eigenvalue weighted by Gasteiger charge is -2.30. The van der Waals surface area contributed by atoms with Gasteiger partial charge in [-0.2, -0.15) is 5.26 Å². The maximum atomic E-state index is 15.1. The summed E-state index contributed by atoms with van der Waals surface area (Å²) in [7, 11) is 1.51. The van der Waals surface area contributed by atoms with Gasteiger partial charge in [-0.3, -0.25) is 4.79 Å². The molecule has 33 heavy (non-hydrogen) atoms. The Bertz CT molecular complexity index is 1160. The van der Waals surface area contributed by atoms with Crippen molar-refractivity contribution in [2.45, 2.75) is 32.6 Å². The molecule has 1 heterocycles. The molecule has 2 aromatic rings. The Morgan fingerprint density at radius 1 is 1.33 bits per heavy atom. The molecule has 2 aromatic carbocycles. The number of unbranched alkanes of at least 4 members (excludes halogenated alkanes) is 1. The minimum atomic E-state index is -0.882. The van der Waals surface area contributed by atoms with Gasteiger partial charge in [0.2, 0.25) is 0 Å². The minimum Gasteiger partial charge on any atom is -0.495 e. The first-order valence-electron chi connectivity index (χ1n) is 10.5. The smallest absolute Gasteiger partial charge is 0.254 e. The highest BCUT2D eigenvalue weighted by Gasteiger charge is 2.36. The van der Waals surface area contributed by atoms with Crippen molar-refractivity contribution in [3.05, 3.63) is 80.7 Å². The summed E-state index contributed by atoms with van der Waals surface area (Å²) in [6.07, 6.45) is 1.98. The highest BCUT2D eigenvalue weighted by Crippen LogP contribution is 2.42. The molecule has 3 rings (SSSR count). The molecule has 1 aliphatic heterocycles. The van der Waals surface area contributed by atoms with Crippen LogP contribution in [-0.4, -0.2) is 18.8 Å². The summed E-state index contributed by atoms with van der Waals surface area (Å²) in [5.74, 6) is -0.610. The average molecular weight is 486 g/mol. The molecule has 1 amide bonds. The van der Waals surface area contributed by atoms with Crippen molar-refractivity contribution in [2.75, 3.05) is 18.2 Å². The van der Waals surface area contributed by atoms with Gasteiger partial charge in [0.25, 0.3) is 5.91 Å². The van der Waals surface area contributed by atoms with Crippen LogP contribution < -0.4 is 15.4 Å². The number of carbonyl (C=O) groups excluding carboxylic acids is 1. The Balaban J connectivity index is 2.09. The summed E-state index contributed by atoms with van der Waals surface area (Å²) in [5.41, 5.74) is 1.81. The molecule has 5 nitrogen and oxygen atoms in total. The van der Waals surface area contributed by atoms with Crippen LogP contribution in [0.3, 0.4) is 0 Å². The number of dihydropyridines is 1. The first-order valence-corrected chi connectivity index (χ1v) is 11.9. The molecule has 0 aliphatic carbocycles. The largest absolute Gasteiger partial charge is 0.495 e. The third-order valence-corrected chi connectivity index (χ3v) is 6.60. The number of anilines is 1. The van der Waals surface area contributed by atoms with Crippen LogP contribution in [0.2, 0.25) is 5.02 Å². The Morgan fingerprint density at radius 2 is 2.09 bits per heavy atom. The summed E-state index contributed by atoms with van der Waals surface area (Å²) in [6, 6.07) is 13.5. The van der Waals surface area contributed by atoms with Crippen LogP contribution in [0, 0.1) is 17.1 Å². The molecule has 0 spiro atoms. The molecule has 0 aromatic heterocycles. The van der Waals surface area contributed by atoms with Crippen molar-refractivity contribution in [2.24, 2.45) is 0 Å². The minimum absolute atomic E-state index is 0.218. The van der Waals surface area contributed by atoms with E-state index < -0.39 is 17.6 Å². The SMILES string of the molecule is CCCCSC1=C(C#N)C(c2ccc(Cl)cc2F)C(C(=O)Nc2ccccc2OC)=C(C)N1. The van der Waals surface area contributed by atoms with Crippen LogP contribution in [0.25, 0.3) is 0 Å². The molecule has 1 unspecified atom stereocenters. The number of halogens is 2. The van der Waals surface area contributed by atoms with E-state index in [1.165, 1.54) is 31.0 Å². The number of nitrogens with one attached hydrogen (secondary N) is 2. The van der Waals surface area contributed by atoms with Gasteiger partial charge in [0, 0.05) is 21.9 Å². The average Bonchev–Trinajstić information content (AvgIpc) is 2.79. The first kappa shape index (κ1) is 24.7. The van der Waals surface area contributed by atoms with Gasteiger partial charge in [-0.1, -0.05) is 43.1 Å². The number of rotatable bonds is 8. The monoisotopic (exact) mass is 485 g/mol. The number of hydrogen-bond donors (Lipinski definition) is 2. The van der Waals surface area contributed by atoms with Gasteiger partial charge in [0.15, 0.2) is 0 Å². The molecule has 2 N–H and O–H groups in total. The zero-order chi connectivity index (χ0) is 24.0. The Morgan fingerprint density at radius 3 is 2.76 bits per heavy atom. The van der Waals surface area contributed by atoms with Crippen LogP contribution in [0.5, 0.6) is 5.75 Å². The number of hydrogen-bond acceptors (Lipinski definition) is 5. The Hall–Kier alpha value is -2.95. The number of nitrogens with zero attached hydrogens (tertiary/aromatic N) is 1. The van der Waals surface area contributed by atoms with E-state index in [9.17, 15) is 10.1 Å². The van der Waals surface area contributed by atoms with E-state index in [0.29, 0.717) is 27.7 Å². The molecular formula is C25H25ClFN3O2S. The molecule has 1 aliphatic rings. The fourth-order valence-corrected chi connectivity index (χ4v) is 4.97. The second-order valence-corrected chi connectivity index (χ2v) is 9.02. The summed E-state index contributed by atoms with van der Waals surface area (Å²) >= 11 is 7.47. The van der Waals surface area contributed by atoms with E-state index in [2.05, 4.69) is 23.6 Å². The number of amides is 1. The third-order valence-electron chi connectivity index (χ3n) is 5.27. The molecule has 0 radical (unpaired) electrons. The third kappa shape index (κ3) is 5.52. The van der Waals surface area contributed by atoms with Gasteiger partial charge in [0.1, 0.15) is 11.6 Å². The highest BCUT2D eigenvalue weighted by atomic mass is 35.5. The molecule has 8 heteroatoms. The summed E-state index contributed by atoms with van der Waals surface area (Å²) < 4.78 is 20.4. The quantitative estimate of drug-likeness (QED) is 0.426. The number of para-hydroxylation sites is 2. The second-order valence-electron chi connectivity index (χ2n) is 7.47. The predicted molar refractivity (Wildman–Crippen MR) is 132 cm³/mol. The van der Waals surface area contributed by atoms with E-state index in [0.717, 1.165) is 18.6 Å². The number of carbonyl (C=O) groups is 1. The van der Waals surface area contributed by atoms with Crippen molar-refractivity contribution in [1.29, 1.82) is 5.26 Å². The van der Waals surface area contributed by atoms with Gasteiger partial charge in [-0.25, -0.2) is 4.39 Å². The Kier molecular flexibility index (Phi) is 8.43. The summed E-state index contributed by atoms with van der Waals surface area (Å²) in [6.45, 7) is 3.85. The van der Waals surface area contributed by atoms with Crippen molar-refractivity contribution in [3.8, 4) is 11.8 Å². The van der Waals surface area contributed by atoms with Crippen LogP contribution in [0.15, 0.2) is 64.3 Å². The number of benzene rings is 2. The maximum absolute atomic E-state index is 15.1. The molecule has 0 bridgehead atoms. The van der Waals surface area contributed by atoms with E-state index in [4.69, 9.17) is 16.3 Å². The normalized spacial score (nSPS) is 15.7. The Labute approximate surface area is 202 Å². The lowest BCUT2D eigenvalue weighted by atomic mass is 9.82. The number of allylic oxidation sites excluding steroid dienone is 2. The van der Waals surface area contributed by atoms with Gasteiger partial charge >= 0.3 is 0 Å². The van der Waals surface area contributed by atoms with Gasteiger partial charge in [-0.05, 0) is 43.4 Å². The molecule has 172 valence electrons. The standard InChI is InChI=1S/C25H25ClFN3O2S/c1-4-5-12-33-25-18(14-28)23(17-11-10-16(26)13-19(17)27)22(15(2)29-25)24(31)30-20-8-6-7-9-21(20)32-3/h6-11,13,23,29H,4-5,12H2,1-3H3,(H,30,31). The van der Waals surface area contributed by atoms with Gasteiger partial charge in [-0.15, -0.1) is 11.8 Å². The molecule has 0 saturated carbocycles. The number of nitriles is 1. The van der Waals surface area contributed by atoms with Crippen molar-refractivity contribution >= 4 is 35.0 Å². The van der Waals surface area contributed by atoms with E-state index in [1.54, 1.807) is 37.3 Å². The number of thioether (sulfide) groups is 1. The van der Waals surface area contributed by atoms with E-state index >= 15 is 4.39 Å². The van der Waals surface area contributed by atoms with Gasteiger partial charge in [0.05, 0.1) is 35.4 Å². The second kappa shape index (κ2) is 11.3. The van der Waals surface area contributed by atoms with Crippen molar-refractivity contribution in [1.82, 2.24) is 5.32 Å². The number of methoxy groups -OCH3 is 1. The lowest BCUT2D eigenvalue weighted by Crippen LogP contribution is -2.31. The van der Waals surface area contributed by atoms with Crippen LogP contribution >= 0.6 is 23.4 Å². The van der Waals surface area contributed by atoms with Crippen LogP contribution in [-0.2, 0) is 4.79 Å². The fraction of sp³-hybridized carbons (Fsp3) is 0.280. The molecule has 0 saturated heterocycles. The van der Waals surface area contributed by atoms with Crippen LogP contribution in [0.1, 0.15) is 38.2 Å². The molecule has 1 atom stereocenters. The first-order chi connectivity index (χ1) is 15.9. The van der Waals surface area contributed by atoms with E-state index in [-0.39, 0.29) is 16.2 Å². The molecular weight excluding hydrogens is 461 g/mol. The highest BCUT2D eigenvalue weighted by molar-refractivity contribution is 8.03. The predicted octanol–water partition coefficient (Wildman–Crippen LogP) is 6.36. The summed E-state index contributed by atoms with van der Waals surface area (Å²) in [4.78, 5) is 13.5. The van der Waals surface area contributed by atoms with E-state index in [1.807, 2.05) is 0 Å². The zero-order valence-corrected chi connectivity index (χ0v) is 20.2. The van der Waals surface area contributed by atoms with Crippen molar-refractivity contribution in [3.63, 3.8) is 0 Å². The maximum Gasteiger partial charge on any atom is 0.254 e. The molecule has 0 fully saturated rings. The van der Waals surface area contributed by atoms with Crippen molar-refractivity contribution < 1.29 is 13.9 Å². The summed E-state index contributed by atoms with van der Waals surface area (Å²) in [5, 5.41) is 17.0. The zero-order valence-electron chi connectivity index (χ0n) is 18.7. The topological polar surface area (TPSA) is 74.2 Å². The van der Waals surface area contributed by atoms with Crippen LogP contribution in [0.4, 0.5) is 10.1 Å². The fourth-order valence-electron chi connectivity index (χ4n) is 3.63.